The number of H-pyrrole nitrogens is 1. The number of benzene rings is 2. The molecular weight excluding hydrogens is 599 g/mol. The lowest BCUT2D eigenvalue weighted by Gasteiger charge is -2.18. The van der Waals surface area contributed by atoms with Crippen LogP contribution in [0.3, 0.4) is 0 Å². The summed E-state index contributed by atoms with van der Waals surface area (Å²) < 4.78 is 44.8. The van der Waals surface area contributed by atoms with Gasteiger partial charge in [-0.3, -0.25) is 14.4 Å². The lowest BCUT2D eigenvalue weighted by molar-refractivity contribution is -0.138. The van der Waals surface area contributed by atoms with Crippen LogP contribution < -0.4 is 10.6 Å². The number of carbonyl (C=O) groups is 4. The first-order valence-corrected chi connectivity index (χ1v) is 15.3. The van der Waals surface area contributed by atoms with Gasteiger partial charge in [0.25, 0.3) is 0 Å². The van der Waals surface area contributed by atoms with Crippen LogP contribution in [-0.2, 0) is 25.3 Å². The fourth-order valence-electron chi connectivity index (χ4n) is 4.60. The fraction of sp³-hybridized carbons (Fsp3) is 0.371. The van der Waals surface area contributed by atoms with Gasteiger partial charge < -0.3 is 20.4 Å². The number of nitrogens with one attached hydrogen (secondary N) is 3. The van der Waals surface area contributed by atoms with Crippen LogP contribution in [0.25, 0.3) is 11.3 Å². The quantitative estimate of drug-likeness (QED) is 0.121. The molecule has 4 rings (SSSR count). The minimum Gasteiger partial charge on any atom is -0.463 e. The Morgan fingerprint density at radius 1 is 1.00 bits per heavy atom. The summed E-state index contributed by atoms with van der Waals surface area (Å²) >= 11 is 0. The van der Waals surface area contributed by atoms with Crippen molar-refractivity contribution in [3.05, 3.63) is 95.7 Å². The Bertz CT molecular complexity index is 1450. The number of ether oxygens (including phenoxy) is 1. The van der Waals surface area contributed by atoms with Crippen molar-refractivity contribution >= 4 is 23.6 Å². The van der Waals surface area contributed by atoms with Crippen molar-refractivity contribution in [2.24, 2.45) is 5.92 Å². The van der Waals surface area contributed by atoms with Crippen molar-refractivity contribution in [2.45, 2.75) is 65.6 Å². The average Bonchev–Trinajstić information content (AvgIpc) is 3.69. The average molecular weight is 642 g/mol. The second-order valence-electron chi connectivity index (χ2n) is 10.2. The number of halogens is 3. The number of esters is 1. The van der Waals surface area contributed by atoms with E-state index < -0.39 is 35.4 Å². The van der Waals surface area contributed by atoms with Crippen molar-refractivity contribution in [1.82, 2.24) is 15.6 Å². The standard InChI is InChI=1S/C26H28F3N3O5.C7H8.C2H6/c1-2-37-24(35)12-7-17(15-16-13-14-30-25(16)36)31-23(34)11-10-22(33)21-9-8-20(32-21)18-5-3-4-6-19(18)26(27,28)29;1-7-5-3-2-4-6-7;1-2/h3-9,12,16-17,32H,2,10-11,13-15H2,1H3,(H,30,36)(H,31,34);2-6H,1H3;1-2H3/b12-7+;;. The molecule has 0 saturated carbocycles. The van der Waals surface area contributed by atoms with Crippen LogP contribution >= 0.6 is 0 Å². The number of Topliss-reactive ketones (excluding diaryl/α,β-unsaturated/α-hetero) is 1. The molecule has 2 heterocycles. The van der Waals surface area contributed by atoms with Crippen LogP contribution in [0.5, 0.6) is 0 Å². The lowest BCUT2D eigenvalue weighted by atomic mass is 9.97. The van der Waals surface area contributed by atoms with Crippen molar-refractivity contribution in [3.8, 4) is 11.3 Å². The molecular formula is C35H42F3N3O5. The molecule has 2 aromatic carbocycles. The van der Waals surface area contributed by atoms with Gasteiger partial charge in [-0.05, 0) is 44.9 Å². The summed E-state index contributed by atoms with van der Waals surface area (Å²) in [7, 11) is 0. The number of rotatable bonds is 11. The number of ketones is 1. The molecule has 3 aromatic rings. The molecule has 0 radical (unpaired) electrons. The molecule has 2 atom stereocenters. The minimum atomic E-state index is -4.55. The molecule has 0 spiro atoms. The molecule has 1 aromatic heterocycles. The van der Waals surface area contributed by atoms with E-state index in [-0.39, 0.29) is 54.6 Å². The second-order valence-corrected chi connectivity index (χ2v) is 10.2. The Kier molecular flexibility index (Phi) is 15.5. The fourth-order valence-corrected chi connectivity index (χ4v) is 4.60. The van der Waals surface area contributed by atoms with Gasteiger partial charge in [-0.25, -0.2) is 4.79 Å². The highest BCUT2D eigenvalue weighted by Crippen LogP contribution is 2.36. The predicted octanol–water partition coefficient (Wildman–Crippen LogP) is 6.81. The molecule has 2 amide bonds. The first kappa shape index (κ1) is 37.5. The number of amides is 2. The smallest absolute Gasteiger partial charge is 0.417 e. The topological polar surface area (TPSA) is 117 Å². The highest BCUT2D eigenvalue weighted by molar-refractivity contribution is 5.97. The van der Waals surface area contributed by atoms with Crippen LogP contribution in [0.15, 0.2) is 78.9 Å². The van der Waals surface area contributed by atoms with E-state index >= 15 is 0 Å². The third kappa shape index (κ3) is 12.4. The lowest BCUT2D eigenvalue weighted by Crippen LogP contribution is -2.36. The van der Waals surface area contributed by atoms with Gasteiger partial charge in [0.05, 0.1) is 17.9 Å². The number of alkyl halides is 3. The van der Waals surface area contributed by atoms with Crippen LogP contribution in [0.2, 0.25) is 0 Å². The summed E-state index contributed by atoms with van der Waals surface area (Å²) in [4.78, 5) is 51.5. The molecule has 46 heavy (non-hydrogen) atoms. The first-order valence-electron chi connectivity index (χ1n) is 15.3. The van der Waals surface area contributed by atoms with E-state index in [2.05, 4.69) is 34.7 Å². The molecule has 248 valence electrons. The number of aromatic nitrogens is 1. The molecule has 1 aliphatic rings. The van der Waals surface area contributed by atoms with Crippen molar-refractivity contribution in [3.63, 3.8) is 0 Å². The van der Waals surface area contributed by atoms with Crippen LogP contribution in [0, 0.1) is 12.8 Å². The van der Waals surface area contributed by atoms with Gasteiger partial charge in [-0.15, -0.1) is 0 Å². The largest absolute Gasteiger partial charge is 0.463 e. The maximum Gasteiger partial charge on any atom is 0.417 e. The zero-order chi connectivity index (χ0) is 34.1. The highest BCUT2D eigenvalue weighted by Gasteiger charge is 2.33. The van der Waals surface area contributed by atoms with Gasteiger partial charge in [-0.2, -0.15) is 13.2 Å². The highest BCUT2D eigenvalue weighted by atomic mass is 19.4. The molecule has 1 aliphatic heterocycles. The van der Waals surface area contributed by atoms with Crippen molar-refractivity contribution in [1.29, 1.82) is 0 Å². The Morgan fingerprint density at radius 3 is 2.26 bits per heavy atom. The summed E-state index contributed by atoms with van der Waals surface area (Å²) in [5.41, 5.74) is 0.635. The molecule has 0 aliphatic carbocycles. The Morgan fingerprint density at radius 2 is 1.67 bits per heavy atom. The third-order valence-corrected chi connectivity index (χ3v) is 6.83. The minimum absolute atomic E-state index is 0.0843. The van der Waals surface area contributed by atoms with E-state index in [9.17, 15) is 32.3 Å². The van der Waals surface area contributed by atoms with Gasteiger partial charge in [-0.1, -0.05) is 74.0 Å². The van der Waals surface area contributed by atoms with Gasteiger partial charge in [0.1, 0.15) is 0 Å². The molecule has 3 N–H and O–H groups in total. The maximum atomic E-state index is 13.3. The van der Waals surface area contributed by atoms with Gasteiger partial charge in [0.15, 0.2) is 5.78 Å². The van der Waals surface area contributed by atoms with Gasteiger partial charge >= 0.3 is 12.1 Å². The van der Waals surface area contributed by atoms with E-state index in [0.717, 1.165) is 6.07 Å². The normalized spacial score (nSPS) is 14.7. The number of hydrogen-bond acceptors (Lipinski definition) is 5. The molecule has 1 fully saturated rings. The summed E-state index contributed by atoms with van der Waals surface area (Å²) in [6, 6.07) is 17.4. The summed E-state index contributed by atoms with van der Waals surface area (Å²) in [5.74, 6) is -1.95. The number of hydrogen-bond donors (Lipinski definition) is 3. The maximum absolute atomic E-state index is 13.3. The summed E-state index contributed by atoms with van der Waals surface area (Å²) in [5, 5.41) is 5.44. The van der Waals surface area contributed by atoms with Crippen LogP contribution in [0.4, 0.5) is 13.2 Å². The molecule has 0 bridgehead atoms. The second kappa shape index (κ2) is 19.0. The zero-order valence-electron chi connectivity index (χ0n) is 26.6. The first-order chi connectivity index (χ1) is 22.0. The molecule has 1 saturated heterocycles. The van der Waals surface area contributed by atoms with E-state index in [1.807, 2.05) is 32.0 Å². The number of aryl methyl sites for hydroxylation is 1. The molecule has 11 heteroatoms. The number of carbonyl (C=O) groups excluding carboxylic acids is 4. The Hall–Kier alpha value is -4.67. The Balaban J connectivity index is 0.000000711. The van der Waals surface area contributed by atoms with Crippen LogP contribution in [-0.4, -0.2) is 47.7 Å². The third-order valence-electron chi connectivity index (χ3n) is 6.83. The Labute approximate surface area is 267 Å². The van der Waals surface area contributed by atoms with E-state index in [1.165, 1.54) is 48.0 Å². The monoisotopic (exact) mass is 641 g/mol. The van der Waals surface area contributed by atoms with Gasteiger partial charge in [0.2, 0.25) is 11.8 Å². The van der Waals surface area contributed by atoms with E-state index in [0.29, 0.717) is 13.0 Å². The van der Waals surface area contributed by atoms with E-state index in [4.69, 9.17) is 4.74 Å². The summed E-state index contributed by atoms with van der Waals surface area (Å²) in [6.45, 7) is 8.47. The molecule has 8 nitrogen and oxygen atoms in total. The molecule has 2 unspecified atom stereocenters. The van der Waals surface area contributed by atoms with Crippen LogP contribution in [0.1, 0.15) is 68.1 Å². The SMILES string of the molecule is CC.CCOC(=O)/C=C/C(CC1CCNC1=O)NC(=O)CCC(=O)c1ccc(-c2ccccc2C(F)(F)F)[nH]1.Cc1ccccc1. The van der Waals surface area contributed by atoms with Gasteiger partial charge in [0, 0.05) is 48.7 Å². The number of aromatic amines is 1. The predicted molar refractivity (Wildman–Crippen MR) is 171 cm³/mol. The van der Waals surface area contributed by atoms with Crippen molar-refractivity contribution in [2.75, 3.05) is 13.2 Å². The van der Waals surface area contributed by atoms with Crippen molar-refractivity contribution < 1.29 is 37.1 Å². The zero-order valence-corrected chi connectivity index (χ0v) is 26.6. The summed E-state index contributed by atoms with van der Waals surface area (Å²) in [6.07, 6.45) is -1.41. The van der Waals surface area contributed by atoms with E-state index in [1.54, 1.807) is 6.92 Å².